The van der Waals surface area contributed by atoms with E-state index in [4.69, 9.17) is 9.84 Å². The lowest BCUT2D eigenvalue weighted by atomic mass is 10.1. The molecule has 0 amide bonds. The number of anilines is 1. The summed E-state index contributed by atoms with van der Waals surface area (Å²) in [6, 6.07) is 10.6. The van der Waals surface area contributed by atoms with Crippen LogP contribution in [0.15, 0.2) is 36.5 Å². The highest BCUT2D eigenvalue weighted by molar-refractivity contribution is 5.87. The van der Waals surface area contributed by atoms with Gasteiger partial charge >= 0.3 is 0 Å². The molecule has 0 bridgehead atoms. The van der Waals surface area contributed by atoms with Crippen molar-refractivity contribution in [2.75, 3.05) is 24.6 Å². The predicted molar refractivity (Wildman–Crippen MR) is 110 cm³/mol. The number of hydrogen-bond acceptors (Lipinski definition) is 5. The summed E-state index contributed by atoms with van der Waals surface area (Å²) in [6.07, 6.45) is 6.73. The molecule has 7 heteroatoms. The summed E-state index contributed by atoms with van der Waals surface area (Å²) < 4.78 is 7.94. The fraction of sp³-hybridized carbons (Fsp3) is 0.409. The van der Waals surface area contributed by atoms with Crippen molar-refractivity contribution in [2.24, 2.45) is 0 Å². The lowest BCUT2D eigenvalue weighted by Gasteiger charge is -2.33. The number of nitrogens with zero attached hydrogens (tertiary/aromatic N) is 5. The lowest BCUT2D eigenvalue weighted by molar-refractivity contribution is 0.0203. The number of nitrogens with one attached hydrogen (secondary N) is 1. The number of rotatable bonds is 3. The second kappa shape index (κ2) is 5.57. The minimum Gasteiger partial charge on any atom is -0.371 e. The molecule has 3 fully saturated rings. The van der Waals surface area contributed by atoms with E-state index in [2.05, 4.69) is 50.4 Å². The van der Waals surface area contributed by atoms with Crippen LogP contribution in [0.2, 0.25) is 0 Å². The molecule has 0 unspecified atom stereocenters. The van der Waals surface area contributed by atoms with E-state index in [-0.39, 0.29) is 5.60 Å². The number of H-pyrrole nitrogens is 1. The van der Waals surface area contributed by atoms with Gasteiger partial charge in [0.25, 0.3) is 0 Å². The van der Waals surface area contributed by atoms with Gasteiger partial charge < -0.3 is 9.64 Å². The molecule has 1 aromatic carbocycles. The maximum absolute atomic E-state index is 5.96. The summed E-state index contributed by atoms with van der Waals surface area (Å²) >= 11 is 0. The largest absolute Gasteiger partial charge is 0.371 e. The molecule has 1 aliphatic heterocycles. The van der Waals surface area contributed by atoms with E-state index in [0.717, 1.165) is 60.8 Å². The molecule has 7 nitrogen and oxygen atoms in total. The quantitative estimate of drug-likeness (QED) is 0.583. The van der Waals surface area contributed by atoms with Gasteiger partial charge in [0.1, 0.15) is 5.82 Å². The number of benzene rings is 1. The Hall–Kier alpha value is -2.93. The zero-order valence-corrected chi connectivity index (χ0v) is 16.1. The summed E-state index contributed by atoms with van der Waals surface area (Å²) in [7, 11) is 0. The van der Waals surface area contributed by atoms with Gasteiger partial charge in [-0.25, -0.2) is 9.50 Å². The van der Waals surface area contributed by atoms with Crippen molar-refractivity contribution in [3.63, 3.8) is 0 Å². The molecule has 4 aromatic rings. The van der Waals surface area contributed by atoms with Gasteiger partial charge in [0.05, 0.1) is 35.3 Å². The van der Waals surface area contributed by atoms with Crippen LogP contribution in [-0.2, 0) is 4.74 Å². The normalized spacial score (nSPS) is 20.8. The molecule has 2 aliphatic carbocycles. The smallest absolute Gasteiger partial charge is 0.154 e. The first-order chi connectivity index (χ1) is 14.3. The molecular weight excluding hydrogens is 364 g/mol. The van der Waals surface area contributed by atoms with Gasteiger partial charge in [-0.2, -0.15) is 5.10 Å². The Morgan fingerprint density at radius 3 is 2.93 bits per heavy atom. The monoisotopic (exact) mass is 386 g/mol. The summed E-state index contributed by atoms with van der Waals surface area (Å²) in [5.41, 5.74) is 5.39. The van der Waals surface area contributed by atoms with Crippen LogP contribution in [0.4, 0.5) is 5.82 Å². The highest BCUT2D eigenvalue weighted by Gasteiger charge is 2.47. The van der Waals surface area contributed by atoms with Crippen LogP contribution in [0.1, 0.15) is 37.3 Å². The number of aromatic nitrogens is 5. The highest BCUT2D eigenvalue weighted by Crippen LogP contribution is 2.43. The lowest BCUT2D eigenvalue weighted by Crippen LogP contribution is -2.44. The van der Waals surface area contributed by atoms with Crippen LogP contribution in [0.5, 0.6) is 0 Å². The molecule has 2 saturated carbocycles. The molecule has 3 aromatic heterocycles. The maximum Gasteiger partial charge on any atom is 0.154 e. The van der Waals surface area contributed by atoms with Gasteiger partial charge in [0.15, 0.2) is 5.65 Å². The van der Waals surface area contributed by atoms with Crippen LogP contribution in [0, 0.1) is 0 Å². The van der Waals surface area contributed by atoms with E-state index in [1.165, 1.54) is 23.9 Å². The van der Waals surface area contributed by atoms with Gasteiger partial charge in [0.2, 0.25) is 0 Å². The fourth-order valence-corrected chi connectivity index (χ4v) is 4.57. The first-order valence-electron chi connectivity index (χ1n) is 10.5. The van der Waals surface area contributed by atoms with Crippen molar-refractivity contribution in [3.05, 3.63) is 42.2 Å². The Balaban J connectivity index is 1.31. The number of imidazole rings is 1. The van der Waals surface area contributed by atoms with Crippen LogP contribution >= 0.6 is 0 Å². The molecule has 7 rings (SSSR count). The molecule has 1 spiro atoms. The molecular formula is C22H22N6O. The molecule has 29 heavy (non-hydrogen) atoms. The predicted octanol–water partition coefficient (Wildman–Crippen LogP) is 3.52. The molecule has 4 heterocycles. The van der Waals surface area contributed by atoms with Crippen LogP contribution in [-0.4, -0.2) is 50.1 Å². The zero-order chi connectivity index (χ0) is 19.0. The SMILES string of the molecule is c1cc2[nH]nc(C3CC3)c2cc1-c1cnc2ccc(N3CCOC4(CC4)C3)nn12. The Morgan fingerprint density at radius 2 is 2.07 bits per heavy atom. The number of fused-ring (bicyclic) bond motifs is 2. The van der Waals surface area contributed by atoms with Crippen LogP contribution < -0.4 is 4.90 Å². The molecule has 3 aliphatic rings. The third kappa shape index (κ3) is 2.50. The van der Waals surface area contributed by atoms with Crippen molar-refractivity contribution < 1.29 is 4.74 Å². The number of morpholine rings is 1. The summed E-state index contributed by atoms with van der Waals surface area (Å²) in [5.74, 6) is 1.61. The standard InChI is InChI=1S/C22H22N6O/c1-2-14(1)21-16-11-15(3-4-17(16)24-25-21)18-12-23-19-5-6-20(26-28(18)19)27-9-10-29-22(13-27)7-8-22/h3-6,11-12,14H,1-2,7-10,13H2,(H,24,25). The second-order valence-corrected chi connectivity index (χ2v) is 8.70. The van der Waals surface area contributed by atoms with E-state index in [1.54, 1.807) is 0 Å². The van der Waals surface area contributed by atoms with Crippen molar-refractivity contribution in [1.29, 1.82) is 0 Å². The minimum absolute atomic E-state index is 0.0815. The topological polar surface area (TPSA) is 71.3 Å². The van der Waals surface area contributed by atoms with E-state index in [9.17, 15) is 0 Å². The molecule has 1 N–H and O–H groups in total. The van der Waals surface area contributed by atoms with Crippen molar-refractivity contribution in [2.45, 2.75) is 37.2 Å². The Bertz CT molecular complexity index is 1250. The molecule has 146 valence electrons. The third-order valence-corrected chi connectivity index (χ3v) is 6.58. The average Bonchev–Trinajstić information content (AvgIpc) is 3.65. The van der Waals surface area contributed by atoms with Crippen LogP contribution in [0.3, 0.4) is 0 Å². The van der Waals surface area contributed by atoms with E-state index < -0.39 is 0 Å². The zero-order valence-electron chi connectivity index (χ0n) is 16.1. The molecule has 1 saturated heterocycles. The Morgan fingerprint density at radius 1 is 1.14 bits per heavy atom. The van der Waals surface area contributed by atoms with Crippen molar-refractivity contribution >= 4 is 22.4 Å². The average molecular weight is 386 g/mol. The molecule has 0 radical (unpaired) electrons. The summed E-state index contributed by atoms with van der Waals surface area (Å²) in [6.45, 7) is 2.59. The fourth-order valence-electron chi connectivity index (χ4n) is 4.57. The maximum atomic E-state index is 5.96. The Kier molecular flexibility index (Phi) is 3.06. The van der Waals surface area contributed by atoms with E-state index in [0.29, 0.717) is 5.92 Å². The number of aromatic amines is 1. The van der Waals surface area contributed by atoms with Gasteiger partial charge in [-0.3, -0.25) is 5.10 Å². The summed E-state index contributed by atoms with van der Waals surface area (Å²) in [4.78, 5) is 6.95. The molecule has 0 atom stereocenters. The van der Waals surface area contributed by atoms with Crippen molar-refractivity contribution in [1.82, 2.24) is 24.8 Å². The van der Waals surface area contributed by atoms with E-state index in [1.807, 2.05) is 10.7 Å². The summed E-state index contributed by atoms with van der Waals surface area (Å²) in [5, 5.41) is 13.9. The van der Waals surface area contributed by atoms with E-state index >= 15 is 0 Å². The van der Waals surface area contributed by atoms with Gasteiger partial charge in [-0.1, -0.05) is 6.07 Å². The number of hydrogen-bond donors (Lipinski definition) is 1. The van der Waals surface area contributed by atoms with Crippen LogP contribution in [0.25, 0.3) is 27.8 Å². The Labute approximate surface area is 167 Å². The van der Waals surface area contributed by atoms with Gasteiger partial charge in [-0.15, -0.1) is 5.10 Å². The second-order valence-electron chi connectivity index (χ2n) is 8.70. The highest BCUT2D eigenvalue weighted by atomic mass is 16.5. The third-order valence-electron chi connectivity index (χ3n) is 6.58. The van der Waals surface area contributed by atoms with Gasteiger partial charge in [-0.05, 0) is 49.9 Å². The van der Waals surface area contributed by atoms with Gasteiger partial charge in [0, 0.05) is 30.0 Å². The number of ether oxygens (including phenoxy) is 1. The first kappa shape index (κ1) is 15.9. The van der Waals surface area contributed by atoms with Crippen molar-refractivity contribution in [3.8, 4) is 11.3 Å². The first-order valence-corrected chi connectivity index (χ1v) is 10.5. The minimum atomic E-state index is 0.0815.